The lowest BCUT2D eigenvalue weighted by atomic mass is 10.1. The van der Waals surface area contributed by atoms with Gasteiger partial charge in [0.25, 0.3) is 0 Å². The van der Waals surface area contributed by atoms with Crippen LogP contribution in [-0.2, 0) is 13.2 Å². The highest BCUT2D eigenvalue weighted by atomic mass is 35.5. The molecule has 3 aromatic carbocycles. The van der Waals surface area contributed by atoms with Crippen LogP contribution in [0, 0.1) is 6.92 Å². The van der Waals surface area contributed by atoms with E-state index >= 15 is 0 Å². The van der Waals surface area contributed by atoms with Crippen molar-refractivity contribution in [3.8, 4) is 5.75 Å². The molecule has 2 nitrogen and oxygen atoms in total. The van der Waals surface area contributed by atoms with E-state index in [1.165, 1.54) is 5.56 Å². The Balaban J connectivity index is 1.70. The first-order chi connectivity index (χ1) is 12.5. The minimum absolute atomic E-state index is 0.399. The predicted molar refractivity (Wildman–Crippen MR) is 111 cm³/mol. The fourth-order valence-electron chi connectivity index (χ4n) is 2.49. The molecule has 0 radical (unpaired) electrons. The Hall–Kier alpha value is -1.87. The lowest BCUT2D eigenvalue weighted by molar-refractivity contribution is 0.303. The molecule has 0 unspecified atom stereocenters. The molecule has 0 saturated heterocycles. The summed E-state index contributed by atoms with van der Waals surface area (Å²) in [5.74, 6) is 0.778. The maximum atomic E-state index is 6.16. The van der Waals surface area contributed by atoms with Gasteiger partial charge >= 0.3 is 0 Å². The number of halogens is 3. The number of ether oxygens (including phenoxy) is 1. The first kappa shape index (κ1) is 18.9. The molecule has 3 rings (SSSR count). The molecule has 0 heterocycles. The number of benzene rings is 3. The summed E-state index contributed by atoms with van der Waals surface area (Å²) in [5.41, 5.74) is 4.21. The molecule has 26 heavy (non-hydrogen) atoms. The molecule has 0 aliphatic heterocycles. The Kier molecular flexibility index (Phi) is 6.31. The van der Waals surface area contributed by atoms with Crippen LogP contribution in [-0.4, -0.2) is 0 Å². The van der Waals surface area contributed by atoms with Gasteiger partial charge in [-0.1, -0.05) is 58.6 Å². The molecule has 3 aromatic rings. The molecule has 0 aliphatic carbocycles. The molecule has 1 N–H and O–H groups in total. The SMILES string of the molecule is Cc1ccc(NCc2cc(Cl)ccc2OCc2ccc(Cl)c(Cl)c2)cc1. The Labute approximate surface area is 168 Å². The zero-order valence-corrected chi connectivity index (χ0v) is 16.5. The maximum absolute atomic E-state index is 6.16. The third-order valence-corrected chi connectivity index (χ3v) is 4.91. The highest BCUT2D eigenvalue weighted by Gasteiger charge is 2.07. The second-order valence-electron chi connectivity index (χ2n) is 6.01. The molecule has 0 fully saturated rings. The first-order valence-electron chi connectivity index (χ1n) is 8.17. The van der Waals surface area contributed by atoms with Crippen LogP contribution in [0.1, 0.15) is 16.7 Å². The lowest BCUT2D eigenvalue weighted by Crippen LogP contribution is -2.04. The number of anilines is 1. The minimum Gasteiger partial charge on any atom is -0.489 e. The van der Waals surface area contributed by atoms with Crippen molar-refractivity contribution >= 4 is 40.5 Å². The number of hydrogen-bond donors (Lipinski definition) is 1. The van der Waals surface area contributed by atoms with E-state index in [0.717, 1.165) is 22.6 Å². The quantitative estimate of drug-likeness (QED) is 0.469. The van der Waals surface area contributed by atoms with Gasteiger partial charge in [0.05, 0.1) is 10.0 Å². The Morgan fingerprint density at radius 2 is 1.62 bits per heavy atom. The molecule has 0 spiro atoms. The maximum Gasteiger partial charge on any atom is 0.124 e. The van der Waals surface area contributed by atoms with E-state index in [4.69, 9.17) is 39.5 Å². The van der Waals surface area contributed by atoms with Crippen molar-refractivity contribution in [1.29, 1.82) is 0 Å². The molecule has 5 heteroatoms. The summed E-state index contributed by atoms with van der Waals surface area (Å²) < 4.78 is 5.98. The first-order valence-corrected chi connectivity index (χ1v) is 9.30. The summed E-state index contributed by atoms with van der Waals surface area (Å²) in [6, 6.07) is 19.3. The second kappa shape index (κ2) is 8.68. The van der Waals surface area contributed by atoms with Crippen molar-refractivity contribution < 1.29 is 4.74 Å². The van der Waals surface area contributed by atoms with E-state index in [1.807, 2.05) is 30.3 Å². The van der Waals surface area contributed by atoms with Gasteiger partial charge in [-0.25, -0.2) is 0 Å². The molecule has 0 aromatic heterocycles. The highest BCUT2D eigenvalue weighted by molar-refractivity contribution is 6.42. The van der Waals surface area contributed by atoms with Crippen LogP contribution >= 0.6 is 34.8 Å². The average molecular weight is 407 g/mol. The fourth-order valence-corrected chi connectivity index (χ4v) is 3.00. The topological polar surface area (TPSA) is 21.3 Å². The van der Waals surface area contributed by atoms with Crippen molar-refractivity contribution in [3.63, 3.8) is 0 Å². The Morgan fingerprint density at radius 3 is 2.35 bits per heavy atom. The molecule has 0 bridgehead atoms. The van der Waals surface area contributed by atoms with Gasteiger partial charge in [0.15, 0.2) is 0 Å². The molecule has 0 aliphatic rings. The summed E-state index contributed by atoms with van der Waals surface area (Å²) >= 11 is 18.2. The lowest BCUT2D eigenvalue weighted by Gasteiger charge is -2.14. The monoisotopic (exact) mass is 405 g/mol. The van der Waals surface area contributed by atoms with E-state index in [1.54, 1.807) is 6.07 Å². The van der Waals surface area contributed by atoms with Gasteiger partial charge < -0.3 is 10.1 Å². The van der Waals surface area contributed by atoms with Crippen LogP contribution in [0.5, 0.6) is 5.75 Å². The van der Waals surface area contributed by atoms with E-state index in [2.05, 4.69) is 36.5 Å². The van der Waals surface area contributed by atoms with Crippen molar-refractivity contribution in [1.82, 2.24) is 0 Å². The summed E-state index contributed by atoms with van der Waals surface area (Å²) in [7, 11) is 0. The predicted octanol–water partition coefficient (Wildman–Crippen LogP) is 7.15. The minimum atomic E-state index is 0.399. The average Bonchev–Trinajstić information content (AvgIpc) is 2.63. The van der Waals surface area contributed by atoms with Crippen molar-refractivity contribution in [3.05, 3.63) is 92.4 Å². The van der Waals surface area contributed by atoms with E-state index in [0.29, 0.717) is 28.2 Å². The molecule has 0 atom stereocenters. The standard InChI is InChI=1S/C21H18Cl3NO/c1-14-2-6-18(7-3-14)25-12-16-11-17(22)5-9-21(16)26-13-15-4-8-19(23)20(24)10-15/h2-11,25H,12-13H2,1H3. The molecular formula is C21H18Cl3NO. The highest BCUT2D eigenvalue weighted by Crippen LogP contribution is 2.27. The third-order valence-electron chi connectivity index (χ3n) is 3.94. The molecule has 134 valence electrons. The summed E-state index contributed by atoms with van der Waals surface area (Å²) in [6.45, 7) is 3.08. The van der Waals surface area contributed by atoms with Crippen LogP contribution in [0.3, 0.4) is 0 Å². The number of rotatable bonds is 6. The zero-order chi connectivity index (χ0) is 18.5. The van der Waals surface area contributed by atoms with Crippen LogP contribution in [0.4, 0.5) is 5.69 Å². The van der Waals surface area contributed by atoms with Crippen LogP contribution < -0.4 is 10.1 Å². The van der Waals surface area contributed by atoms with Gasteiger partial charge in [-0.3, -0.25) is 0 Å². The van der Waals surface area contributed by atoms with Crippen molar-refractivity contribution in [2.24, 2.45) is 0 Å². The summed E-state index contributed by atoms with van der Waals surface area (Å²) in [4.78, 5) is 0. The van der Waals surface area contributed by atoms with Gasteiger partial charge in [0, 0.05) is 22.8 Å². The molecular weight excluding hydrogens is 389 g/mol. The van der Waals surface area contributed by atoms with Gasteiger partial charge in [-0.15, -0.1) is 0 Å². The number of hydrogen-bond acceptors (Lipinski definition) is 2. The Morgan fingerprint density at radius 1 is 0.846 bits per heavy atom. The molecule has 0 amide bonds. The van der Waals surface area contributed by atoms with Crippen LogP contribution in [0.2, 0.25) is 15.1 Å². The summed E-state index contributed by atoms with van der Waals surface area (Å²) in [6.07, 6.45) is 0. The van der Waals surface area contributed by atoms with Crippen molar-refractivity contribution in [2.75, 3.05) is 5.32 Å². The third kappa shape index (κ3) is 5.07. The van der Waals surface area contributed by atoms with E-state index < -0.39 is 0 Å². The summed E-state index contributed by atoms with van der Waals surface area (Å²) in [5, 5.41) is 5.12. The van der Waals surface area contributed by atoms with Gasteiger partial charge in [0.1, 0.15) is 12.4 Å². The van der Waals surface area contributed by atoms with Crippen LogP contribution in [0.25, 0.3) is 0 Å². The van der Waals surface area contributed by atoms with Crippen LogP contribution in [0.15, 0.2) is 60.7 Å². The number of nitrogens with one attached hydrogen (secondary N) is 1. The van der Waals surface area contributed by atoms with E-state index in [-0.39, 0.29) is 0 Å². The van der Waals surface area contributed by atoms with E-state index in [9.17, 15) is 0 Å². The van der Waals surface area contributed by atoms with Gasteiger partial charge in [-0.05, 0) is 55.0 Å². The number of aryl methyl sites for hydroxylation is 1. The molecule has 0 saturated carbocycles. The van der Waals surface area contributed by atoms with Crippen molar-refractivity contribution in [2.45, 2.75) is 20.1 Å². The van der Waals surface area contributed by atoms with Gasteiger partial charge in [0.2, 0.25) is 0 Å². The zero-order valence-electron chi connectivity index (χ0n) is 14.2. The van der Waals surface area contributed by atoms with Gasteiger partial charge in [-0.2, -0.15) is 0 Å². The fraction of sp³-hybridized carbons (Fsp3) is 0.143. The Bertz CT molecular complexity index is 894. The normalized spacial score (nSPS) is 10.6. The second-order valence-corrected chi connectivity index (χ2v) is 7.26. The smallest absolute Gasteiger partial charge is 0.124 e. The largest absolute Gasteiger partial charge is 0.489 e.